The zero-order valence-corrected chi connectivity index (χ0v) is 14.4. The molecule has 0 atom stereocenters. The first-order valence-electron chi connectivity index (χ1n) is 7.01. The summed E-state index contributed by atoms with van der Waals surface area (Å²) < 4.78 is 17.0. The molecule has 0 N–H and O–H groups in total. The quantitative estimate of drug-likeness (QED) is 0.676. The van der Waals surface area contributed by atoms with E-state index in [9.17, 15) is 0 Å². The van der Waals surface area contributed by atoms with Gasteiger partial charge in [-0.25, -0.2) is 0 Å². The molecule has 0 radical (unpaired) electrons. The van der Waals surface area contributed by atoms with Crippen molar-refractivity contribution in [3.8, 4) is 11.5 Å². The van der Waals surface area contributed by atoms with Gasteiger partial charge in [0.15, 0.2) is 0 Å². The van der Waals surface area contributed by atoms with Crippen LogP contribution in [0, 0.1) is 0 Å². The van der Waals surface area contributed by atoms with Crippen molar-refractivity contribution in [2.45, 2.75) is 6.54 Å². The Labute approximate surface area is 138 Å². The second-order valence-electron chi connectivity index (χ2n) is 4.77. The van der Waals surface area contributed by atoms with Crippen molar-refractivity contribution < 1.29 is 13.9 Å². The standard InChI is InChI=1S/C15H20BrN3O3/c1-20-9-7-19(8-10-21-2)11-14-17-18-15(22-14)12-3-5-13(16)6-4-12/h3-6H,7-11H2,1-2H3. The van der Waals surface area contributed by atoms with E-state index in [0.29, 0.717) is 31.5 Å². The number of hydrogen-bond acceptors (Lipinski definition) is 6. The molecule has 22 heavy (non-hydrogen) atoms. The second kappa shape index (κ2) is 8.99. The van der Waals surface area contributed by atoms with Crippen LogP contribution in [0.3, 0.4) is 0 Å². The molecule has 0 fully saturated rings. The third kappa shape index (κ3) is 5.17. The van der Waals surface area contributed by atoms with E-state index in [0.717, 1.165) is 23.1 Å². The maximum Gasteiger partial charge on any atom is 0.247 e. The van der Waals surface area contributed by atoms with Crippen LogP contribution < -0.4 is 0 Å². The smallest absolute Gasteiger partial charge is 0.247 e. The summed E-state index contributed by atoms with van der Waals surface area (Å²) in [5.41, 5.74) is 0.905. The normalized spacial score (nSPS) is 11.3. The second-order valence-corrected chi connectivity index (χ2v) is 5.69. The van der Waals surface area contributed by atoms with Gasteiger partial charge in [-0.15, -0.1) is 10.2 Å². The molecule has 0 amide bonds. The van der Waals surface area contributed by atoms with Gasteiger partial charge in [-0.1, -0.05) is 15.9 Å². The number of halogens is 1. The van der Waals surface area contributed by atoms with Crippen LogP contribution in [-0.2, 0) is 16.0 Å². The summed E-state index contributed by atoms with van der Waals surface area (Å²) in [7, 11) is 3.37. The SMILES string of the molecule is COCCN(CCOC)Cc1nnc(-c2ccc(Br)cc2)o1. The topological polar surface area (TPSA) is 60.6 Å². The Balaban J connectivity index is 2.00. The van der Waals surface area contributed by atoms with Gasteiger partial charge in [-0.05, 0) is 24.3 Å². The largest absolute Gasteiger partial charge is 0.419 e. The van der Waals surface area contributed by atoms with Crippen LogP contribution in [0.25, 0.3) is 11.5 Å². The number of aromatic nitrogens is 2. The van der Waals surface area contributed by atoms with Crippen molar-refractivity contribution in [3.05, 3.63) is 34.6 Å². The summed E-state index contributed by atoms with van der Waals surface area (Å²) in [5, 5.41) is 8.23. The number of methoxy groups -OCH3 is 2. The van der Waals surface area contributed by atoms with Gasteiger partial charge in [-0.2, -0.15) is 0 Å². The summed E-state index contributed by atoms with van der Waals surface area (Å²) in [4.78, 5) is 2.16. The molecule has 1 aromatic heterocycles. The van der Waals surface area contributed by atoms with E-state index in [4.69, 9.17) is 13.9 Å². The molecule has 0 bridgehead atoms. The highest BCUT2D eigenvalue weighted by molar-refractivity contribution is 9.10. The predicted octanol–water partition coefficient (Wildman–Crippen LogP) is 2.59. The van der Waals surface area contributed by atoms with Crippen LogP contribution in [-0.4, -0.2) is 55.6 Å². The zero-order valence-electron chi connectivity index (χ0n) is 12.8. The van der Waals surface area contributed by atoms with Gasteiger partial charge in [0.25, 0.3) is 0 Å². The van der Waals surface area contributed by atoms with Crippen LogP contribution >= 0.6 is 15.9 Å². The zero-order chi connectivity index (χ0) is 15.8. The monoisotopic (exact) mass is 369 g/mol. The highest BCUT2D eigenvalue weighted by Crippen LogP contribution is 2.20. The molecule has 6 nitrogen and oxygen atoms in total. The molecule has 0 aliphatic heterocycles. The molecule has 2 aromatic rings. The van der Waals surface area contributed by atoms with Crippen LogP contribution in [0.5, 0.6) is 0 Å². The maximum absolute atomic E-state index is 5.74. The average Bonchev–Trinajstić information content (AvgIpc) is 2.99. The number of ether oxygens (including phenoxy) is 2. The summed E-state index contributed by atoms with van der Waals surface area (Å²) in [6.07, 6.45) is 0. The molecule has 7 heteroatoms. The molecular weight excluding hydrogens is 350 g/mol. The molecule has 0 aliphatic rings. The molecule has 0 spiro atoms. The van der Waals surface area contributed by atoms with Crippen LogP contribution in [0.4, 0.5) is 0 Å². The van der Waals surface area contributed by atoms with Gasteiger partial charge in [0, 0.05) is 37.3 Å². The summed E-state index contributed by atoms with van der Waals surface area (Å²) in [6.45, 7) is 3.46. The van der Waals surface area contributed by atoms with Gasteiger partial charge >= 0.3 is 0 Å². The van der Waals surface area contributed by atoms with Gasteiger partial charge in [0.2, 0.25) is 11.8 Å². The van der Waals surface area contributed by atoms with Crippen LogP contribution in [0.15, 0.2) is 33.2 Å². The minimum atomic E-state index is 0.529. The first-order chi connectivity index (χ1) is 10.7. The van der Waals surface area contributed by atoms with Gasteiger partial charge in [0.1, 0.15) is 0 Å². The van der Waals surface area contributed by atoms with Crippen molar-refractivity contribution in [3.63, 3.8) is 0 Å². The lowest BCUT2D eigenvalue weighted by Crippen LogP contribution is -2.30. The van der Waals surface area contributed by atoms with Crippen molar-refractivity contribution in [2.75, 3.05) is 40.5 Å². The fourth-order valence-corrected chi connectivity index (χ4v) is 2.19. The fourth-order valence-electron chi connectivity index (χ4n) is 1.93. The number of hydrogen-bond donors (Lipinski definition) is 0. The first kappa shape index (κ1) is 17.1. The number of rotatable bonds is 9. The lowest BCUT2D eigenvalue weighted by molar-refractivity contribution is 0.105. The van der Waals surface area contributed by atoms with E-state index in [1.165, 1.54) is 0 Å². The van der Waals surface area contributed by atoms with Crippen molar-refractivity contribution >= 4 is 15.9 Å². The molecule has 0 saturated carbocycles. The van der Waals surface area contributed by atoms with E-state index in [2.05, 4.69) is 31.0 Å². The minimum absolute atomic E-state index is 0.529. The molecular formula is C15H20BrN3O3. The highest BCUT2D eigenvalue weighted by Gasteiger charge is 2.13. The molecule has 0 unspecified atom stereocenters. The average molecular weight is 370 g/mol. The van der Waals surface area contributed by atoms with Gasteiger partial charge in [0.05, 0.1) is 19.8 Å². The third-order valence-electron chi connectivity index (χ3n) is 3.14. The molecule has 0 saturated heterocycles. The van der Waals surface area contributed by atoms with Crippen molar-refractivity contribution in [1.29, 1.82) is 0 Å². The molecule has 120 valence electrons. The number of nitrogens with zero attached hydrogens (tertiary/aromatic N) is 3. The Kier molecular flexibility index (Phi) is 6.98. The Morgan fingerprint density at radius 3 is 2.27 bits per heavy atom. The maximum atomic E-state index is 5.74. The van der Waals surface area contributed by atoms with E-state index in [1.807, 2.05) is 24.3 Å². The Bertz CT molecular complexity index is 551. The van der Waals surface area contributed by atoms with E-state index in [-0.39, 0.29) is 0 Å². The fraction of sp³-hybridized carbons (Fsp3) is 0.467. The van der Waals surface area contributed by atoms with Crippen molar-refractivity contribution in [2.24, 2.45) is 0 Å². The van der Waals surface area contributed by atoms with E-state index in [1.54, 1.807) is 14.2 Å². The van der Waals surface area contributed by atoms with E-state index < -0.39 is 0 Å². The third-order valence-corrected chi connectivity index (χ3v) is 3.67. The lowest BCUT2D eigenvalue weighted by Gasteiger charge is -2.19. The van der Waals surface area contributed by atoms with Gasteiger partial charge < -0.3 is 13.9 Å². The first-order valence-corrected chi connectivity index (χ1v) is 7.80. The van der Waals surface area contributed by atoms with Crippen molar-refractivity contribution in [1.82, 2.24) is 15.1 Å². The Morgan fingerprint density at radius 1 is 1.05 bits per heavy atom. The summed E-state index contributed by atoms with van der Waals surface area (Å²) in [6, 6.07) is 7.77. The molecule has 2 rings (SSSR count). The van der Waals surface area contributed by atoms with Gasteiger partial charge in [-0.3, -0.25) is 4.90 Å². The molecule has 0 aliphatic carbocycles. The Hall–Kier alpha value is -1.28. The Morgan fingerprint density at radius 2 is 1.68 bits per heavy atom. The van der Waals surface area contributed by atoms with Crippen LogP contribution in [0.1, 0.15) is 5.89 Å². The predicted molar refractivity (Wildman–Crippen MR) is 86.5 cm³/mol. The van der Waals surface area contributed by atoms with E-state index >= 15 is 0 Å². The summed E-state index contributed by atoms with van der Waals surface area (Å²) in [5.74, 6) is 1.12. The lowest BCUT2D eigenvalue weighted by atomic mass is 10.2. The molecule has 1 heterocycles. The number of benzene rings is 1. The highest BCUT2D eigenvalue weighted by atomic mass is 79.9. The minimum Gasteiger partial charge on any atom is -0.419 e. The summed E-state index contributed by atoms with van der Waals surface area (Å²) >= 11 is 3.41. The molecule has 1 aromatic carbocycles. The van der Waals surface area contributed by atoms with Crippen LogP contribution in [0.2, 0.25) is 0 Å².